The molecule has 0 aliphatic heterocycles. The van der Waals surface area contributed by atoms with Gasteiger partial charge in [-0.1, -0.05) is 38.1 Å². The van der Waals surface area contributed by atoms with E-state index in [1.165, 1.54) is 13.0 Å². The van der Waals surface area contributed by atoms with Crippen LogP contribution in [-0.2, 0) is 0 Å². The number of alkyl halides is 3. The predicted octanol–water partition coefficient (Wildman–Crippen LogP) is 4.48. The van der Waals surface area contributed by atoms with Gasteiger partial charge in [-0.15, -0.1) is 0 Å². The second-order valence-corrected chi connectivity index (χ2v) is 4.09. The third-order valence-electron chi connectivity index (χ3n) is 2.57. The molecule has 0 aliphatic carbocycles. The largest absolute Gasteiger partial charge is 0.395 e. The fourth-order valence-electron chi connectivity index (χ4n) is 1.38. The first-order valence-corrected chi connectivity index (χ1v) is 4.99. The molecule has 0 bridgehead atoms. The molecule has 0 spiro atoms. The summed E-state index contributed by atoms with van der Waals surface area (Å²) in [5, 5.41) is 0. The highest BCUT2D eigenvalue weighted by Crippen LogP contribution is 2.34. The van der Waals surface area contributed by atoms with Gasteiger partial charge in [-0.25, -0.2) is 0 Å². The summed E-state index contributed by atoms with van der Waals surface area (Å²) in [5.74, 6) is -1.14. The van der Waals surface area contributed by atoms with Crippen LogP contribution in [0, 0.1) is 0 Å². The van der Waals surface area contributed by atoms with Gasteiger partial charge in [-0.2, -0.15) is 13.2 Å². The van der Waals surface area contributed by atoms with Crippen molar-refractivity contribution in [2.75, 3.05) is 0 Å². The highest BCUT2D eigenvalue weighted by Gasteiger charge is 2.36. The predicted molar refractivity (Wildman–Crippen MR) is 55.0 cm³/mol. The molecule has 0 amide bonds. The standard InChI is InChI=1S/C12H15F3/c1-8(2)10-5-4-6-11(7-10)9(3)12(13,14)15/h4-9H,1-3H3/t9-/m1/s1. The van der Waals surface area contributed by atoms with E-state index in [9.17, 15) is 13.2 Å². The van der Waals surface area contributed by atoms with E-state index in [1.54, 1.807) is 12.1 Å². The molecule has 1 atom stereocenters. The molecule has 0 saturated carbocycles. The van der Waals surface area contributed by atoms with Crippen LogP contribution in [0.15, 0.2) is 24.3 Å². The van der Waals surface area contributed by atoms with Gasteiger partial charge in [0.1, 0.15) is 0 Å². The Morgan fingerprint density at radius 1 is 1.00 bits per heavy atom. The fraction of sp³-hybridized carbons (Fsp3) is 0.500. The van der Waals surface area contributed by atoms with Gasteiger partial charge >= 0.3 is 6.18 Å². The summed E-state index contributed by atoms with van der Waals surface area (Å²) in [6.07, 6.45) is -4.16. The van der Waals surface area contributed by atoms with Gasteiger partial charge in [0, 0.05) is 0 Å². The lowest BCUT2D eigenvalue weighted by molar-refractivity contribution is -0.146. The van der Waals surface area contributed by atoms with Crippen molar-refractivity contribution in [1.29, 1.82) is 0 Å². The Bertz CT molecular complexity index is 326. The van der Waals surface area contributed by atoms with Crippen LogP contribution in [0.3, 0.4) is 0 Å². The van der Waals surface area contributed by atoms with Crippen LogP contribution < -0.4 is 0 Å². The molecule has 0 aliphatic rings. The zero-order valence-electron chi connectivity index (χ0n) is 9.10. The van der Waals surface area contributed by atoms with Crippen LogP contribution in [0.1, 0.15) is 43.7 Å². The molecule has 3 heteroatoms. The van der Waals surface area contributed by atoms with Gasteiger partial charge in [0.15, 0.2) is 0 Å². The Labute approximate surface area is 88.1 Å². The van der Waals surface area contributed by atoms with Crippen LogP contribution >= 0.6 is 0 Å². The summed E-state index contributed by atoms with van der Waals surface area (Å²) < 4.78 is 37.4. The molecular weight excluding hydrogens is 201 g/mol. The lowest BCUT2D eigenvalue weighted by Gasteiger charge is -2.17. The number of hydrogen-bond acceptors (Lipinski definition) is 0. The summed E-state index contributed by atoms with van der Waals surface area (Å²) in [6.45, 7) is 5.13. The van der Waals surface area contributed by atoms with E-state index in [0.717, 1.165) is 5.56 Å². The van der Waals surface area contributed by atoms with Crippen LogP contribution in [0.4, 0.5) is 13.2 Å². The maximum atomic E-state index is 12.5. The van der Waals surface area contributed by atoms with E-state index in [1.807, 2.05) is 19.9 Å². The summed E-state index contributed by atoms with van der Waals surface area (Å²) in [4.78, 5) is 0. The van der Waals surface area contributed by atoms with Gasteiger partial charge in [-0.05, 0) is 24.0 Å². The molecule has 0 nitrogen and oxygen atoms in total. The quantitative estimate of drug-likeness (QED) is 0.684. The van der Waals surface area contributed by atoms with E-state index < -0.39 is 12.1 Å². The molecule has 0 aromatic heterocycles. The van der Waals surface area contributed by atoms with Gasteiger partial charge in [0.2, 0.25) is 0 Å². The molecule has 0 saturated heterocycles. The summed E-state index contributed by atoms with van der Waals surface area (Å²) in [6, 6.07) is 6.72. The third-order valence-corrected chi connectivity index (χ3v) is 2.57. The van der Waals surface area contributed by atoms with E-state index in [-0.39, 0.29) is 5.92 Å². The molecule has 1 aromatic rings. The van der Waals surface area contributed by atoms with Crippen LogP contribution in [-0.4, -0.2) is 6.18 Å². The highest BCUT2D eigenvalue weighted by atomic mass is 19.4. The first-order chi connectivity index (χ1) is 6.82. The zero-order chi connectivity index (χ0) is 11.6. The smallest absolute Gasteiger partial charge is 0.170 e. The van der Waals surface area contributed by atoms with Crippen LogP contribution in [0.5, 0.6) is 0 Å². The number of rotatable bonds is 2. The normalized spacial score (nSPS) is 14.3. The van der Waals surface area contributed by atoms with Crippen molar-refractivity contribution in [3.63, 3.8) is 0 Å². The molecular formula is C12H15F3. The highest BCUT2D eigenvalue weighted by molar-refractivity contribution is 5.28. The minimum atomic E-state index is -4.16. The summed E-state index contributed by atoms with van der Waals surface area (Å²) >= 11 is 0. The molecule has 0 heterocycles. The number of benzene rings is 1. The van der Waals surface area contributed by atoms with Gasteiger partial charge in [0.05, 0.1) is 5.92 Å². The van der Waals surface area contributed by atoms with Crippen molar-refractivity contribution in [2.45, 2.75) is 38.8 Å². The van der Waals surface area contributed by atoms with E-state index in [4.69, 9.17) is 0 Å². The maximum absolute atomic E-state index is 12.5. The Morgan fingerprint density at radius 2 is 1.53 bits per heavy atom. The monoisotopic (exact) mass is 216 g/mol. The van der Waals surface area contributed by atoms with Crippen molar-refractivity contribution >= 4 is 0 Å². The molecule has 0 N–H and O–H groups in total. The molecule has 84 valence electrons. The molecule has 0 radical (unpaired) electrons. The van der Waals surface area contributed by atoms with E-state index in [2.05, 4.69) is 0 Å². The van der Waals surface area contributed by atoms with Crippen molar-refractivity contribution < 1.29 is 13.2 Å². The molecule has 0 fully saturated rings. The lowest BCUT2D eigenvalue weighted by Crippen LogP contribution is -2.17. The van der Waals surface area contributed by atoms with Crippen molar-refractivity contribution in [3.8, 4) is 0 Å². The Hall–Kier alpha value is -0.990. The SMILES string of the molecule is CC(C)c1cccc([C@@H](C)C(F)(F)F)c1. The number of halogens is 3. The van der Waals surface area contributed by atoms with Crippen LogP contribution in [0.25, 0.3) is 0 Å². The number of hydrogen-bond donors (Lipinski definition) is 0. The van der Waals surface area contributed by atoms with Gasteiger partial charge < -0.3 is 0 Å². The van der Waals surface area contributed by atoms with Crippen LogP contribution in [0.2, 0.25) is 0 Å². The van der Waals surface area contributed by atoms with E-state index in [0.29, 0.717) is 5.56 Å². The summed E-state index contributed by atoms with van der Waals surface area (Å²) in [5.41, 5.74) is 1.29. The van der Waals surface area contributed by atoms with Crippen molar-refractivity contribution in [1.82, 2.24) is 0 Å². The maximum Gasteiger partial charge on any atom is 0.395 e. The first-order valence-electron chi connectivity index (χ1n) is 4.99. The van der Waals surface area contributed by atoms with Gasteiger partial charge in [0.25, 0.3) is 0 Å². The molecule has 1 aromatic carbocycles. The fourth-order valence-corrected chi connectivity index (χ4v) is 1.38. The topological polar surface area (TPSA) is 0 Å². The Morgan fingerprint density at radius 3 is 2.00 bits per heavy atom. The average Bonchev–Trinajstić information content (AvgIpc) is 2.15. The molecule has 1 rings (SSSR count). The zero-order valence-corrected chi connectivity index (χ0v) is 9.10. The average molecular weight is 216 g/mol. The van der Waals surface area contributed by atoms with Crippen molar-refractivity contribution in [2.24, 2.45) is 0 Å². The molecule has 0 unspecified atom stereocenters. The second kappa shape index (κ2) is 4.25. The minimum Gasteiger partial charge on any atom is -0.170 e. The molecule has 15 heavy (non-hydrogen) atoms. The lowest BCUT2D eigenvalue weighted by atomic mass is 9.95. The Kier molecular flexibility index (Phi) is 3.42. The third kappa shape index (κ3) is 2.98. The van der Waals surface area contributed by atoms with Gasteiger partial charge in [-0.3, -0.25) is 0 Å². The second-order valence-electron chi connectivity index (χ2n) is 4.09. The Balaban J connectivity index is 3.00. The minimum absolute atomic E-state index is 0.255. The van der Waals surface area contributed by atoms with Crippen molar-refractivity contribution in [3.05, 3.63) is 35.4 Å². The summed E-state index contributed by atoms with van der Waals surface area (Å²) in [7, 11) is 0. The first kappa shape index (κ1) is 12.1. The van der Waals surface area contributed by atoms with E-state index >= 15 is 0 Å².